The van der Waals surface area contributed by atoms with E-state index in [9.17, 15) is 4.79 Å². The van der Waals surface area contributed by atoms with Crippen LogP contribution in [0.2, 0.25) is 5.02 Å². The number of nitrogens with one attached hydrogen (secondary N) is 2. The highest BCUT2D eigenvalue weighted by molar-refractivity contribution is 6.32. The number of amides is 1. The van der Waals surface area contributed by atoms with Crippen LogP contribution < -0.4 is 25.0 Å². The molecule has 0 radical (unpaired) electrons. The van der Waals surface area contributed by atoms with Gasteiger partial charge in [-0.3, -0.25) is 4.79 Å². The normalized spacial score (nSPS) is 15.9. The maximum absolute atomic E-state index is 11.9. The topological polar surface area (TPSA) is 75.2 Å². The number of benzene rings is 2. The van der Waals surface area contributed by atoms with Gasteiger partial charge in [-0.05, 0) is 48.7 Å². The summed E-state index contributed by atoms with van der Waals surface area (Å²) in [6.45, 7) is 5.70. The zero-order chi connectivity index (χ0) is 21.6. The van der Waals surface area contributed by atoms with Crippen molar-refractivity contribution in [3.05, 3.63) is 52.5 Å². The summed E-state index contributed by atoms with van der Waals surface area (Å²) in [5.41, 5.74) is 3.02. The largest absolute Gasteiger partial charge is 0.486 e. The summed E-state index contributed by atoms with van der Waals surface area (Å²) in [5.74, 6) is 2.18. The fourth-order valence-corrected chi connectivity index (χ4v) is 3.96. The number of ether oxygens (including phenoxy) is 2. The van der Waals surface area contributed by atoms with Crippen LogP contribution in [0.5, 0.6) is 11.5 Å². The second kappa shape index (κ2) is 9.92. The lowest BCUT2D eigenvalue weighted by atomic mass is 10.2. The van der Waals surface area contributed by atoms with Crippen molar-refractivity contribution >= 4 is 29.2 Å². The molecule has 8 heteroatoms. The number of aliphatic imine (C=N–C) groups is 1. The van der Waals surface area contributed by atoms with Crippen LogP contribution in [-0.2, 0) is 17.9 Å². The van der Waals surface area contributed by atoms with E-state index in [1.807, 2.05) is 48.2 Å². The van der Waals surface area contributed by atoms with E-state index in [0.29, 0.717) is 55.2 Å². The summed E-state index contributed by atoms with van der Waals surface area (Å²) >= 11 is 6.32. The summed E-state index contributed by atoms with van der Waals surface area (Å²) in [4.78, 5) is 18.4. The van der Waals surface area contributed by atoms with E-state index in [0.717, 1.165) is 36.3 Å². The van der Waals surface area contributed by atoms with Gasteiger partial charge in [0.1, 0.15) is 13.2 Å². The van der Waals surface area contributed by atoms with Gasteiger partial charge in [-0.1, -0.05) is 23.7 Å². The van der Waals surface area contributed by atoms with Crippen LogP contribution in [0.3, 0.4) is 0 Å². The molecule has 0 aromatic heterocycles. The lowest BCUT2D eigenvalue weighted by Crippen LogP contribution is -2.36. The summed E-state index contributed by atoms with van der Waals surface area (Å²) < 4.78 is 11.2. The number of hydrogen-bond donors (Lipinski definition) is 2. The van der Waals surface area contributed by atoms with Gasteiger partial charge in [-0.2, -0.15) is 0 Å². The number of anilines is 1. The first-order valence-electron chi connectivity index (χ1n) is 10.6. The zero-order valence-corrected chi connectivity index (χ0v) is 18.4. The average molecular weight is 443 g/mol. The van der Waals surface area contributed by atoms with Crippen molar-refractivity contribution in [1.82, 2.24) is 10.6 Å². The van der Waals surface area contributed by atoms with Crippen molar-refractivity contribution in [2.24, 2.45) is 4.99 Å². The van der Waals surface area contributed by atoms with E-state index < -0.39 is 0 Å². The van der Waals surface area contributed by atoms with Gasteiger partial charge in [0.05, 0.1) is 11.6 Å². The third-order valence-corrected chi connectivity index (χ3v) is 5.48. The molecule has 0 saturated carbocycles. The average Bonchev–Trinajstić information content (AvgIpc) is 3.22. The van der Waals surface area contributed by atoms with Crippen molar-refractivity contribution in [3.8, 4) is 11.5 Å². The Morgan fingerprint density at radius 1 is 1.13 bits per heavy atom. The zero-order valence-electron chi connectivity index (χ0n) is 17.6. The van der Waals surface area contributed by atoms with Gasteiger partial charge in [-0.15, -0.1) is 0 Å². The summed E-state index contributed by atoms with van der Waals surface area (Å²) in [6, 6.07) is 11.9. The first-order valence-corrected chi connectivity index (χ1v) is 11.0. The van der Waals surface area contributed by atoms with Crippen LogP contribution in [0.25, 0.3) is 0 Å². The summed E-state index contributed by atoms with van der Waals surface area (Å²) in [5, 5.41) is 7.15. The molecule has 1 saturated heterocycles. The molecule has 2 heterocycles. The Morgan fingerprint density at radius 2 is 1.94 bits per heavy atom. The highest BCUT2D eigenvalue weighted by Crippen LogP contribution is 2.38. The molecule has 0 atom stereocenters. The number of halogens is 1. The fourth-order valence-electron chi connectivity index (χ4n) is 3.67. The van der Waals surface area contributed by atoms with Gasteiger partial charge in [0.15, 0.2) is 17.5 Å². The van der Waals surface area contributed by atoms with E-state index in [1.54, 1.807) is 0 Å². The van der Waals surface area contributed by atoms with Crippen molar-refractivity contribution in [1.29, 1.82) is 0 Å². The van der Waals surface area contributed by atoms with Crippen LogP contribution in [0.1, 0.15) is 30.9 Å². The van der Waals surface area contributed by atoms with Gasteiger partial charge < -0.3 is 25.0 Å². The molecule has 2 aliphatic heterocycles. The van der Waals surface area contributed by atoms with Crippen LogP contribution in [0.15, 0.2) is 41.4 Å². The molecule has 2 aliphatic rings. The minimum absolute atomic E-state index is 0.201. The number of guanidine groups is 1. The molecule has 2 aromatic carbocycles. The molecule has 1 amide bonds. The quantitative estimate of drug-likeness (QED) is 0.529. The van der Waals surface area contributed by atoms with Crippen molar-refractivity contribution in [3.63, 3.8) is 0 Å². The highest BCUT2D eigenvalue weighted by Gasteiger charge is 2.21. The Kier molecular flexibility index (Phi) is 6.82. The van der Waals surface area contributed by atoms with Crippen LogP contribution in [-0.4, -0.2) is 38.2 Å². The molecule has 0 unspecified atom stereocenters. The van der Waals surface area contributed by atoms with E-state index in [2.05, 4.69) is 15.6 Å². The standard InChI is InChI=1S/C23H27ClN4O3/c1-2-25-23(27-15-17-12-19(24)22-20(13-17)30-10-11-31-22)26-14-16-5-7-18(8-6-16)28-9-3-4-21(28)29/h5-8,12-13H,2-4,9-11,14-15H2,1H3,(H2,25,26,27). The van der Waals surface area contributed by atoms with E-state index in [4.69, 9.17) is 21.1 Å². The van der Waals surface area contributed by atoms with Crippen LogP contribution >= 0.6 is 11.6 Å². The van der Waals surface area contributed by atoms with Gasteiger partial charge in [-0.25, -0.2) is 4.99 Å². The molecular weight excluding hydrogens is 416 g/mol. The SMILES string of the molecule is CCNC(=NCc1cc(Cl)c2c(c1)OCCO2)NCc1ccc(N2CCCC2=O)cc1. The molecule has 164 valence electrons. The monoisotopic (exact) mass is 442 g/mol. The van der Waals surface area contributed by atoms with E-state index >= 15 is 0 Å². The Labute approximate surface area is 187 Å². The van der Waals surface area contributed by atoms with Crippen LogP contribution in [0.4, 0.5) is 5.69 Å². The number of carbonyl (C=O) groups excluding carboxylic acids is 1. The molecule has 4 rings (SSSR count). The molecule has 31 heavy (non-hydrogen) atoms. The number of carbonyl (C=O) groups is 1. The van der Waals surface area contributed by atoms with Gasteiger partial charge in [0.2, 0.25) is 5.91 Å². The van der Waals surface area contributed by atoms with Gasteiger partial charge in [0.25, 0.3) is 0 Å². The van der Waals surface area contributed by atoms with Crippen LogP contribution in [0, 0.1) is 0 Å². The lowest BCUT2D eigenvalue weighted by Gasteiger charge is -2.20. The lowest BCUT2D eigenvalue weighted by molar-refractivity contribution is -0.117. The smallest absolute Gasteiger partial charge is 0.227 e. The molecular formula is C23H27ClN4O3. The number of nitrogens with zero attached hydrogens (tertiary/aromatic N) is 2. The maximum Gasteiger partial charge on any atom is 0.227 e. The first kappa shape index (κ1) is 21.3. The second-order valence-electron chi connectivity index (χ2n) is 7.47. The predicted molar refractivity (Wildman–Crippen MR) is 122 cm³/mol. The minimum Gasteiger partial charge on any atom is -0.486 e. The number of hydrogen-bond acceptors (Lipinski definition) is 4. The highest BCUT2D eigenvalue weighted by atomic mass is 35.5. The Morgan fingerprint density at radius 3 is 2.68 bits per heavy atom. The van der Waals surface area contributed by atoms with Gasteiger partial charge in [0, 0.05) is 31.7 Å². The number of rotatable bonds is 6. The van der Waals surface area contributed by atoms with Crippen molar-refractivity contribution in [2.75, 3.05) is 31.2 Å². The fraction of sp³-hybridized carbons (Fsp3) is 0.391. The molecule has 0 bridgehead atoms. The molecule has 2 aromatic rings. The van der Waals surface area contributed by atoms with E-state index in [-0.39, 0.29) is 5.91 Å². The third-order valence-electron chi connectivity index (χ3n) is 5.20. The minimum atomic E-state index is 0.201. The second-order valence-corrected chi connectivity index (χ2v) is 7.87. The van der Waals surface area contributed by atoms with Crippen molar-refractivity contribution < 1.29 is 14.3 Å². The summed E-state index contributed by atoms with van der Waals surface area (Å²) in [7, 11) is 0. The summed E-state index contributed by atoms with van der Waals surface area (Å²) in [6.07, 6.45) is 1.57. The molecule has 0 spiro atoms. The third kappa shape index (κ3) is 5.22. The van der Waals surface area contributed by atoms with Crippen molar-refractivity contribution in [2.45, 2.75) is 32.9 Å². The first-order chi connectivity index (χ1) is 15.1. The Hall–Kier alpha value is -2.93. The molecule has 0 aliphatic carbocycles. The molecule has 1 fully saturated rings. The maximum atomic E-state index is 11.9. The van der Waals surface area contributed by atoms with Gasteiger partial charge >= 0.3 is 0 Å². The van der Waals surface area contributed by atoms with E-state index in [1.165, 1.54) is 0 Å². The molecule has 2 N–H and O–H groups in total. The number of fused-ring (bicyclic) bond motifs is 1. The Bertz CT molecular complexity index is 962. The molecule has 7 nitrogen and oxygen atoms in total. The Balaban J connectivity index is 1.38. The predicted octanol–water partition coefficient (Wildman–Crippen LogP) is 3.49.